The van der Waals surface area contributed by atoms with E-state index in [0.29, 0.717) is 18.8 Å². The van der Waals surface area contributed by atoms with Crippen LogP contribution in [-0.2, 0) is 17.3 Å². The number of hydrogen-bond acceptors (Lipinski definition) is 2. The summed E-state index contributed by atoms with van der Waals surface area (Å²) in [6.45, 7) is 1.47. The van der Waals surface area contributed by atoms with Crippen LogP contribution >= 0.6 is 0 Å². The third-order valence-corrected chi connectivity index (χ3v) is 3.70. The fourth-order valence-corrected chi connectivity index (χ4v) is 2.55. The minimum absolute atomic E-state index is 0.398. The fraction of sp³-hybridized carbons (Fsp3) is 0.600. The highest BCUT2D eigenvalue weighted by Gasteiger charge is 2.30. The lowest BCUT2D eigenvalue weighted by Crippen LogP contribution is -2.22. The van der Waals surface area contributed by atoms with E-state index in [9.17, 15) is 18.3 Å². The van der Waals surface area contributed by atoms with Crippen molar-refractivity contribution in [2.45, 2.75) is 38.0 Å². The number of ether oxygens (including phenoxy) is 1. The molecule has 1 aliphatic rings. The molecule has 1 unspecified atom stereocenters. The highest BCUT2D eigenvalue weighted by Crippen LogP contribution is 2.29. The highest BCUT2D eigenvalue weighted by atomic mass is 19.4. The van der Waals surface area contributed by atoms with Gasteiger partial charge in [-0.1, -0.05) is 12.1 Å². The van der Waals surface area contributed by atoms with Gasteiger partial charge in [-0.2, -0.15) is 13.2 Å². The monoisotopic (exact) mass is 288 g/mol. The number of rotatable bonds is 4. The molecule has 1 aromatic carbocycles. The van der Waals surface area contributed by atoms with Gasteiger partial charge in [-0.05, 0) is 49.3 Å². The third kappa shape index (κ3) is 4.49. The molecule has 0 saturated carbocycles. The summed E-state index contributed by atoms with van der Waals surface area (Å²) < 4.78 is 42.5. The van der Waals surface area contributed by atoms with E-state index in [4.69, 9.17) is 4.74 Å². The number of benzene rings is 1. The largest absolute Gasteiger partial charge is 0.416 e. The van der Waals surface area contributed by atoms with Crippen molar-refractivity contribution >= 4 is 0 Å². The summed E-state index contributed by atoms with van der Waals surface area (Å²) in [5.74, 6) is 0.452. The first-order chi connectivity index (χ1) is 9.45. The van der Waals surface area contributed by atoms with E-state index in [1.807, 2.05) is 0 Å². The lowest BCUT2D eigenvalue weighted by atomic mass is 9.91. The van der Waals surface area contributed by atoms with Crippen molar-refractivity contribution in [1.29, 1.82) is 0 Å². The van der Waals surface area contributed by atoms with Crippen molar-refractivity contribution in [3.05, 3.63) is 35.4 Å². The van der Waals surface area contributed by atoms with Gasteiger partial charge in [0.05, 0.1) is 11.7 Å². The lowest BCUT2D eigenvalue weighted by molar-refractivity contribution is -0.137. The molecule has 0 bridgehead atoms. The van der Waals surface area contributed by atoms with Gasteiger partial charge in [0.15, 0.2) is 0 Å². The lowest BCUT2D eigenvalue weighted by Gasteiger charge is -2.24. The second-order valence-electron chi connectivity index (χ2n) is 5.34. The Kier molecular flexibility index (Phi) is 5.05. The number of aliphatic hydroxyl groups excluding tert-OH is 1. The van der Waals surface area contributed by atoms with Crippen LogP contribution in [0.1, 0.15) is 30.4 Å². The van der Waals surface area contributed by atoms with Crippen molar-refractivity contribution < 1.29 is 23.0 Å². The van der Waals surface area contributed by atoms with Crippen LogP contribution in [0.4, 0.5) is 13.2 Å². The minimum Gasteiger partial charge on any atom is -0.393 e. The van der Waals surface area contributed by atoms with Gasteiger partial charge in [0, 0.05) is 13.2 Å². The van der Waals surface area contributed by atoms with Crippen LogP contribution in [0.15, 0.2) is 24.3 Å². The molecule has 1 N–H and O–H groups in total. The first kappa shape index (κ1) is 15.3. The molecule has 1 saturated heterocycles. The molecule has 2 rings (SSSR count). The normalized spacial score (nSPS) is 19.0. The van der Waals surface area contributed by atoms with Gasteiger partial charge in [-0.15, -0.1) is 0 Å². The van der Waals surface area contributed by atoms with Crippen LogP contribution < -0.4 is 0 Å². The molecular weight excluding hydrogens is 269 g/mol. The Labute approximate surface area is 116 Å². The van der Waals surface area contributed by atoms with Gasteiger partial charge in [0.25, 0.3) is 0 Å². The molecule has 20 heavy (non-hydrogen) atoms. The summed E-state index contributed by atoms with van der Waals surface area (Å²) in [4.78, 5) is 0. The SMILES string of the molecule is OC(Cc1ccc(C(F)(F)F)cc1)CC1CCOCC1. The third-order valence-electron chi connectivity index (χ3n) is 3.70. The van der Waals surface area contributed by atoms with Gasteiger partial charge in [-0.3, -0.25) is 0 Å². The van der Waals surface area contributed by atoms with Crippen molar-refractivity contribution in [3.8, 4) is 0 Å². The molecule has 0 aromatic heterocycles. The van der Waals surface area contributed by atoms with Crippen molar-refractivity contribution in [2.75, 3.05) is 13.2 Å². The van der Waals surface area contributed by atoms with Gasteiger partial charge >= 0.3 is 6.18 Å². The van der Waals surface area contributed by atoms with E-state index in [1.165, 1.54) is 12.1 Å². The summed E-state index contributed by atoms with van der Waals surface area (Å²) >= 11 is 0. The Hall–Kier alpha value is -1.07. The average Bonchev–Trinajstić information content (AvgIpc) is 2.39. The Bertz CT molecular complexity index is 408. The van der Waals surface area contributed by atoms with E-state index < -0.39 is 17.8 Å². The molecule has 2 nitrogen and oxygen atoms in total. The zero-order chi connectivity index (χ0) is 14.6. The second kappa shape index (κ2) is 6.59. The fourth-order valence-electron chi connectivity index (χ4n) is 2.55. The summed E-state index contributed by atoms with van der Waals surface area (Å²) in [6.07, 6.45) is -1.83. The number of halogens is 3. The van der Waals surface area contributed by atoms with E-state index in [0.717, 1.165) is 43.8 Å². The quantitative estimate of drug-likeness (QED) is 0.920. The molecule has 5 heteroatoms. The average molecular weight is 288 g/mol. The molecule has 1 atom stereocenters. The van der Waals surface area contributed by atoms with Gasteiger partial charge in [0.1, 0.15) is 0 Å². The van der Waals surface area contributed by atoms with Crippen LogP contribution in [0, 0.1) is 5.92 Å². The van der Waals surface area contributed by atoms with Gasteiger partial charge in [0.2, 0.25) is 0 Å². The molecule has 1 aliphatic heterocycles. The predicted octanol–water partition coefficient (Wildman–Crippen LogP) is 3.43. The van der Waals surface area contributed by atoms with Crippen LogP contribution in [-0.4, -0.2) is 24.4 Å². The molecule has 0 spiro atoms. The molecule has 1 heterocycles. The van der Waals surface area contributed by atoms with E-state index in [1.54, 1.807) is 0 Å². The summed E-state index contributed by atoms with van der Waals surface area (Å²) in [6, 6.07) is 5.01. The predicted molar refractivity (Wildman–Crippen MR) is 69.3 cm³/mol. The molecule has 1 fully saturated rings. The maximum absolute atomic E-state index is 12.4. The van der Waals surface area contributed by atoms with Crippen molar-refractivity contribution in [1.82, 2.24) is 0 Å². The summed E-state index contributed by atoms with van der Waals surface area (Å²) in [5, 5.41) is 10.0. The maximum Gasteiger partial charge on any atom is 0.416 e. The van der Waals surface area contributed by atoms with Gasteiger partial charge in [-0.25, -0.2) is 0 Å². The summed E-state index contributed by atoms with van der Waals surface area (Å²) in [5.41, 5.74) is 0.0812. The highest BCUT2D eigenvalue weighted by molar-refractivity contribution is 5.25. The zero-order valence-electron chi connectivity index (χ0n) is 11.2. The van der Waals surface area contributed by atoms with E-state index >= 15 is 0 Å². The molecule has 112 valence electrons. The first-order valence-electron chi connectivity index (χ1n) is 6.87. The molecule has 0 radical (unpaired) electrons. The smallest absolute Gasteiger partial charge is 0.393 e. The molecular formula is C15H19F3O2. The standard InChI is InChI=1S/C15H19F3O2/c16-15(17,18)13-3-1-11(2-4-13)9-14(19)10-12-5-7-20-8-6-12/h1-4,12,14,19H,5-10H2. The van der Waals surface area contributed by atoms with Crippen molar-refractivity contribution in [2.24, 2.45) is 5.92 Å². The van der Waals surface area contributed by atoms with Crippen LogP contribution in [0.3, 0.4) is 0 Å². The van der Waals surface area contributed by atoms with Gasteiger partial charge < -0.3 is 9.84 Å². The maximum atomic E-state index is 12.4. The van der Waals surface area contributed by atoms with Crippen LogP contribution in [0.5, 0.6) is 0 Å². The van der Waals surface area contributed by atoms with E-state index in [-0.39, 0.29) is 0 Å². The Morgan fingerprint density at radius 3 is 2.30 bits per heavy atom. The number of hydrogen-bond donors (Lipinski definition) is 1. The van der Waals surface area contributed by atoms with E-state index in [2.05, 4.69) is 0 Å². The molecule has 1 aromatic rings. The number of aliphatic hydroxyl groups is 1. The number of alkyl halides is 3. The topological polar surface area (TPSA) is 29.5 Å². The first-order valence-corrected chi connectivity index (χ1v) is 6.87. The Morgan fingerprint density at radius 2 is 1.75 bits per heavy atom. The Morgan fingerprint density at radius 1 is 1.15 bits per heavy atom. The molecule has 0 amide bonds. The minimum atomic E-state index is -4.31. The summed E-state index contributed by atoms with van der Waals surface area (Å²) in [7, 11) is 0. The molecule has 0 aliphatic carbocycles. The second-order valence-corrected chi connectivity index (χ2v) is 5.34. The van der Waals surface area contributed by atoms with Crippen molar-refractivity contribution in [3.63, 3.8) is 0 Å². The Balaban J connectivity index is 1.86. The zero-order valence-corrected chi connectivity index (χ0v) is 11.2. The van der Waals surface area contributed by atoms with Crippen LogP contribution in [0.25, 0.3) is 0 Å². The van der Waals surface area contributed by atoms with Crippen LogP contribution in [0.2, 0.25) is 0 Å².